The molecule has 11 heteroatoms. The van der Waals surface area contributed by atoms with Crippen molar-refractivity contribution < 1.29 is 42.9 Å². The van der Waals surface area contributed by atoms with Gasteiger partial charge in [-0.25, -0.2) is 13.6 Å². The summed E-state index contributed by atoms with van der Waals surface area (Å²) in [6.45, 7) is 3.43. The van der Waals surface area contributed by atoms with Gasteiger partial charge in [0, 0.05) is 22.8 Å². The minimum Gasteiger partial charge on any atom is -0.507 e. The first-order valence-corrected chi connectivity index (χ1v) is 16.1. The summed E-state index contributed by atoms with van der Waals surface area (Å²) in [5, 5.41) is 29.8. The number of aliphatic hydroxyl groups excluding tert-OH is 1. The number of fused-ring (bicyclic) bond motifs is 5. The van der Waals surface area contributed by atoms with E-state index < -0.39 is 57.1 Å². The van der Waals surface area contributed by atoms with Crippen molar-refractivity contribution in [2.45, 2.75) is 63.3 Å². The molecule has 0 saturated heterocycles. The second kappa shape index (κ2) is 11.4. The molecule has 7 atom stereocenters. The second-order valence-corrected chi connectivity index (χ2v) is 13.9. The zero-order valence-electron chi connectivity index (χ0n) is 25.3. The molecule has 0 aliphatic heterocycles. The average molecular weight is 650 g/mol. The van der Waals surface area contributed by atoms with Crippen LogP contribution in [0.4, 0.5) is 8.78 Å². The van der Waals surface area contributed by atoms with E-state index in [0.29, 0.717) is 42.3 Å². The van der Waals surface area contributed by atoms with Crippen molar-refractivity contribution in [3.05, 3.63) is 77.4 Å². The topological polar surface area (TPSA) is 134 Å². The maximum atomic E-state index is 17.5. The third kappa shape index (κ3) is 4.60. The molecular weight excluding hydrogens is 616 g/mol. The molecule has 6 rings (SSSR count). The fraction of sp³-hybridized carbons (Fsp3) is 0.429. The predicted molar refractivity (Wildman–Crippen MR) is 164 cm³/mol. The molecule has 0 bridgehead atoms. The highest BCUT2D eigenvalue weighted by Gasteiger charge is 2.75. The van der Waals surface area contributed by atoms with Crippen LogP contribution in [0.1, 0.15) is 61.9 Å². The van der Waals surface area contributed by atoms with Crippen molar-refractivity contribution in [2.24, 2.45) is 22.7 Å². The van der Waals surface area contributed by atoms with E-state index in [1.165, 1.54) is 54.6 Å². The molecule has 240 valence electrons. The van der Waals surface area contributed by atoms with Gasteiger partial charge in [-0.05, 0) is 105 Å². The molecule has 0 heterocycles. The summed E-state index contributed by atoms with van der Waals surface area (Å²) in [5.41, 5.74) is -5.62. The number of phenols is 1. The van der Waals surface area contributed by atoms with Crippen LogP contribution in [0, 0.1) is 34.0 Å². The lowest BCUT2D eigenvalue weighted by molar-refractivity contribution is -0.214. The van der Waals surface area contributed by atoms with E-state index in [1.807, 2.05) is 6.07 Å². The summed E-state index contributed by atoms with van der Waals surface area (Å²) in [4.78, 5) is 39.5. The number of thioether (sulfide) groups is 1. The Morgan fingerprint density at radius 2 is 1.83 bits per heavy atom. The number of nitrogens with zero attached hydrogens (tertiary/aromatic N) is 1. The van der Waals surface area contributed by atoms with Gasteiger partial charge in [0.1, 0.15) is 29.3 Å². The molecule has 3 saturated carbocycles. The van der Waals surface area contributed by atoms with Gasteiger partial charge in [0.25, 0.3) is 0 Å². The number of allylic oxidation sites excluding steroid dienone is 4. The lowest BCUT2D eigenvalue weighted by Gasteiger charge is -2.62. The molecule has 46 heavy (non-hydrogen) atoms. The molecule has 0 amide bonds. The van der Waals surface area contributed by atoms with Gasteiger partial charge in [0.2, 0.25) is 5.12 Å². The van der Waals surface area contributed by atoms with Crippen LogP contribution in [-0.2, 0) is 14.3 Å². The second-order valence-electron chi connectivity index (χ2n) is 13.0. The van der Waals surface area contributed by atoms with Crippen LogP contribution in [0.25, 0.3) is 0 Å². The van der Waals surface area contributed by atoms with Gasteiger partial charge in [-0.2, -0.15) is 5.26 Å². The number of esters is 1. The average Bonchev–Trinajstić information content (AvgIpc) is 3.31. The number of carbonyl (C=O) groups excluding carboxylic acids is 3. The van der Waals surface area contributed by atoms with Crippen LogP contribution in [-0.4, -0.2) is 50.5 Å². The summed E-state index contributed by atoms with van der Waals surface area (Å²) in [7, 11) is 0. The van der Waals surface area contributed by atoms with E-state index in [1.54, 1.807) is 19.9 Å². The summed E-state index contributed by atoms with van der Waals surface area (Å²) in [6, 6.07) is 10.9. The zero-order valence-corrected chi connectivity index (χ0v) is 26.1. The van der Waals surface area contributed by atoms with Gasteiger partial charge in [-0.1, -0.05) is 18.6 Å². The van der Waals surface area contributed by atoms with Crippen LogP contribution in [0.15, 0.2) is 66.3 Å². The van der Waals surface area contributed by atoms with Crippen molar-refractivity contribution in [1.29, 1.82) is 5.26 Å². The number of nitriles is 1. The van der Waals surface area contributed by atoms with Crippen molar-refractivity contribution in [3.8, 4) is 23.3 Å². The third-order valence-corrected chi connectivity index (χ3v) is 11.7. The number of alkyl halides is 2. The number of rotatable bonds is 6. The molecule has 0 aromatic heterocycles. The number of phenolic OH excluding ortho intramolecular Hbond substituents is 1. The highest BCUT2D eigenvalue weighted by molar-refractivity contribution is 8.13. The molecule has 0 spiro atoms. The van der Waals surface area contributed by atoms with E-state index >= 15 is 4.39 Å². The predicted octanol–water partition coefficient (Wildman–Crippen LogP) is 6.51. The van der Waals surface area contributed by atoms with Crippen molar-refractivity contribution in [2.75, 3.05) is 6.01 Å². The number of hydrogen-bond donors (Lipinski definition) is 2. The number of carbonyl (C=O) groups is 3. The summed E-state index contributed by atoms with van der Waals surface area (Å²) in [5.74, 6) is -1.81. The van der Waals surface area contributed by atoms with E-state index in [9.17, 15) is 29.0 Å². The molecular formula is C35H33F2NO7S. The first-order valence-electron chi connectivity index (χ1n) is 15.1. The molecule has 3 unspecified atom stereocenters. The lowest BCUT2D eigenvalue weighted by Crippen LogP contribution is -2.69. The number of halogens is 2. The molecule has 2 aromatic rings. The number of hydrogen-bond acceptors (Lipinski definition) is 9. The minimum atomic E-state index is -2.13. The smallest absolute Gasteiger partial charge is 0.339 e. The minimum absolute atomic E-state index is 0.0320. The summed E-state index contributed by atoms with van der Waals surface area (Å²) < 4.78 is 43.0. The van der Waals surface area contributed by atoms with Crippen LogP contribution in [0.5, 0.6) is 17.2 Å². The van der Waals surface area contributed by atoms with E-state index in [2.05, 4.69) is 0 Å². The largest absolute Gasteiger partial charge is 0.507 e. The molecule has 8 nitrogen and oxygen atoms in total. The van der Waals surface area contributed by atoms with Crippen molar-refractivity contribution >= 4 is 28.6 Å². The number of benzene rings is 2. The first kappa shape index (κ1) is 32.0. The van der Waals surface area contributed by atoms with E-state index in [4.69, 9.17) is 14.7 Å². The SMILES string of the molecule is C[C@]12C=CC(=O)C=C1CCC1C3CC[C@](OC(=O)c4ccc(Oc5ccc(O)c(C#N)c5)cc4)(C(=O)SCF)[C@@]3(C)C[C@H](O)C12F. The van der Waals surface area contributed by atoms with Gasteiger partial charge in [-0.15, -0.1) is 0 Å². The standard InChI is InChI=1S/C35H33F2NO7S/c1-32-13-11-23(39)16-22(32)5-9-27-26-12-14-34(31(43)46-19-36,33(26,2)17-29(41)35(27,32)37)45-30(42)20-3-6-24(7-4-20)44-25-8-10-28(40)21(15-25)18-38/h3-4,6-8,10-11,13,15-16,26-27,29,40-41H,5,9,12,14,17,19H2,1-2H3/t26?,27?,29-,32-,33-,34-,35?/m0/s1. The van der Waals surface area contributed by atoms with Gasteiger partial charge >= 0.3 is 5.97 Å². The quantitative estimate of drug-likeness (QED) is 0.336. The molecule has 3 fully saturated rings. The summed E-state index contributed by atoms with van der Waals surface area (Å²) >= 11 is 0.397. The van der Waals surface area contributed by atoms with E-state index in [-0.39, 0.29) is 41.3 Å². The van der Waals surface area contributed by atoms with Crippen LogP contribution in [0.2, 0.25) is 0 Å². The highest BCUT2D eigenvalue weighted by Crippen LogP contribution is 2.70. The van der Waals surface area contributed by atoms with Gasteiger partial charge < -0.3 is 19.7 Å². The molecule has 4 aliphatic rings. The van der Waals surface area contributed by atoms with Crippen LogP contribution < -0.4 is 4.74 Å². The summed E-state index contributed by atoms with van der Waals surface area (Å²) in [6.07, 6.45) is 3.72. The van der Waals surface area contributed by atoms with Gasteiger partial charge in [0.05, 0.1) is 17.2 Å². The Balaban J connectivity index is 1.29. The Hall–Kier alpha value is -4.01. The Bertz CT molecular complexity index is 1720. The Morgan fingerprint density at radius 3 is 2.52 bits per heavy atom. The van der Waals surface area contributed by atoms with Crippen molar-refractivity contribution in [1.82, 2.24) is 0 Å². The number of ketones is 1. The Morgan fingerprint density at radius 1 is 1.11 bits per heavy atom. The van der Waals surface area contributed by atoms with Gasteiger partial charge in [0.15, 0.2) is 17.1 Å². The zero-order chi connectivity index (χ0) is 33.1. The molecule has 0 radical (unpaired) electrons. The third-order valence-electron chi connectivity index (χ3n) is 11.0. The van der Waals surface area contributed by atoms with Crippen LogP contribution >= 0.6 is 11.8 Å². The highest BCUT2D eigenvalue weighted by atomic mass is 32.2. The number of ether oxygens (including phenoxy) is 2. The lowest BCUT2D eigenvalue weighted by atomic mass is 9.45. The number of aromatic hydroxyl groups is 1. The Labute approximate surface area is 269 Å². The fourth-order valence-electron chi connectivity index (χ4n) is 8.59. The maximum Gasteiger partial charge on any atom is 0.339 e. The molecule has 4 aliphatic carbocycles. The molecule has 2 N–H and O–H groups in total. The van der Waals surface area contributed by atoms with Crippen LogP contribution in [0.3, 0.4) is 0 Å². The first-order chi connectivity index (χ1) is 21.8. The monoisotopic (exact) mass is 649 g/mol. The fourth-order valence-corrected chi connectivity index (χ4v) is 9.30. The van der Waals surface area contributed by atoms with Gasteiger partial charge in [-0.3, -0.25) is 9.59 Å². The van der Waals surface area contributed by atoms with Crippen molar-refractivity contribution in [3.63, 3.8) is 0 Å². The number of aliphatic hydroxyl groups is 1. The van der Waals surface area contributed by atoms with E-state index in [0.717, 1.165) is 0 Å². The Kier molecular flexibility index (Phi) is 7.88. The maximum absolute atomic E-state index is 17.5. The molecule has 2 aromatic carbocycles. The normalized spacial score (nSPS) is 34.4.